The first-order valence-corrected chi connectivity index (χ1v) is 10.7. The van der Waals surface area contributed by atoms with Crippen LogP contribution >= 0.6 is 22.9 Å². The number of halogens is 1. The fourth-order valence-corrected chi connectivity index (χ4v) is 4.38. The Morgan fingerprint density at radius 2 is 2.07 bits per heavy atom. The molecule has 1 atom stereocenters. The fourth-order valence-electron chi connectivity index (χ4n) is 3.44. The molecular weight excluding hydrogens is 400 g/mol. The zero-order valence-corrected chi connectivity index (χ0v) is 17.1. The zero-order chi connectivity index (χ0) is 19.3. The third kappa shape index (κ3) is 4.97. The molecule has 1 amide bonds. The monoisotopic (exact) mass is 422 g/mol. The number of fused-ring (bicyclic) bond motifs is 1. The van der Waals surface area contributed by atoms with Crippen molar-refractivity contribution in [1.82, 2.24) is 4.90 Å². The lowest BCUT2D eigenvalue weighted by atomic mass is 10.2. The van der Waals surface area contributed by atoms with Gasteiger partial charge in [-0.25, -0.2) is 0 Å². The Morgan fingerprint density at radius 1 is 1.25 bits per heavy atom. The summed E-state index contributed by atoms with van der Waals surface area (Å²) in [6, 6.07) is 7.52. The summed E-state index contributed by atoms with van der Waals surface area (Å²) in [7, 11) is 0. The van der Waals surface area contributed by atoms with Gasteiger partial charge < -0.3 is 19.5 Å². The number of amides is 1. The molecule has 1 aromatic carbocycles. The smallest absolute Gasteiger partial charge is 0.238 e. The van der Waals surface area contributed by atoms with Gasteiger partial charge >= 0.3 is 0 Å². The molecule has 0 aliphatic carbocycles. The summed E-state index contributed by atoms with van der Waals surface area (Å²) in [6.07, 6.45) is 2.30. The second-order valence-electron chi connectivity index (χ2n) is 6.91. The maximum atomic E-state index is 12.7. The first-order chi connectivity index (χ1) is 13.7. The van der Waals surface area contributed by atoms with Gasteiger partial charge in [-0.05, 0) is 24.3 Å². The van der Waals surface area contributed by atoms with Gasteiger partial charge in [-0.2, -0.15) is 0 Å². The molecular formula is C20H23ClN2O4S. The van der Waals surface area contributed by atoms with E-state index in [9.17, 15) is 4.79 Å². The number of ether oxygens (including phenoxy) is 3. The Hall–Kier alpha value is -1.80. The predicted octanol–water partition coefficient (Wildman–Crippen LogP) is 3.79. The van der Waals surface area contributed by atoms with Crippen LogP contribution in [0.25, 0.3) is 0 Å². The number of nitrogens with one attached hydrogen (secondary N) is 1. The summed E-state index contributed by atoms with van der Waals surface area (Å²) in [6.45, 7) is 3.51. The van der Waals surface area contributed by atoms with Crippen molar-refractivity contribution in [2.24, 2.45) is 0 Å². The number of rotatable bonds is 7. The number of hydrogen-bond acceptors (Lipinski definition) is 6. The van der Waals surface area contributed by atoms with Gasteiger partial charge in [0.25, 0.3) is 0 Å². The van der Waals surface area contributed by atoms with Crippen LogP contribution in [0, 0.1) is 0 Å². The van der Waals surface area contributed by atoms with Crippen LogP contribution < -0.4 is 14.8 Å². The van der Waals surface area contributed by atoms with Crippen molar-refractivity contribution in [1.29, 1.82) is 0 Å². The van der Waals surface area contributed by atoms with Crippen LogP contribution in [0.1, 0.15) is 17.7 Å². The highest BCUT2D eigenvalue weighted by Gasteiger charge is 2.22. The molecule has 2 aromatic rings. The van der Waals surface area contributed by atoms with Crippen LogP contribution in [0.5, 0.6) is 11.5 Å². The summed E-state index contributed by atoms with van der Waals surface area (Å²) in [5.41, 5.74) is 0.532. The molecule has 0 spiro atoms. The topological polar surface area (TPSA) is 60.0 Å². The molecule has 4 rings (SSSR count). The van der Waals surface area contributed by atoms with E-state index < -0.39 is 0 Å². The Kier molecular flexibility index (Phi) is 6.36. The molecule has 2 aliphatic heterocycles. The van der Waals surface area contributed by atoms with Crippen LogP contribution in [0.2, 0.25) is 5.02 Å². The summed E-state index contributed by atoms with van der Waals surface area (Å²) in [5.74, 6) is 1.08. The second kappa shape index (κ2) is 9.13. The van der Waals surface area contributed by atoms with Crippen molar-refractivity contribution in [3.05, 3.63) is 39.5 Å². The number of benzene rings is 1. The highest BCUT2D eigenvalue weighted by atomic mass is 35.5. The summed E-state index contributed by atoms with van der Waals surface area (Å²) < 4.78 is 16.9. The van der Waals surface area contributed by atoms with Crippen LogP contribution in [-0.2, 0) is 16.1 Å². The van der Waals surface area contributed by atoms with Gasteiger partial charge in [0.15, 0.2) is 11.5 Å². The van der Waals surface area contributed by atoms with E-state index in [2.05, 4.69) is 21.7 Å². The zero-order valence-electron chi connectivity index (χ0n) is 15.5. The molecule has 150 valence electrons. The predicted molar refractivity (Wildman–Crippen MR) is 110 cm³/mol. The molecule has 28 heavy (non-hydrogen) atoms. The van der Waals surface area contributed by atoms with E-state index in [-0.39, 0.29) is 18.6 Å². The van der Waals surface area contributed by atoms with Gasteiger partial charge in [0, 0.05) is 36.7 Å². The molecule has 1 fully saturated rings. The number of hydrogen-bond donors (Lipinski definition) is 1. The van der Waals surface area contributed by atoms with Crippen LogP contribution in [-0.4, -0.2) is 49.8 Å². The lowest BCUT2D eigenvalue weighted by molar-refractivity contribution is -0.117. The van der Waals surface area contributed by atoms with E-state index in [0.717, 1.165) is 32.5 Å². The van der Waals surface area contributed by atoms with Crippen molar-refractivity contribution in [2.75, 3.05) is 38.2 Å². The van der Waals surface area contributed by atoms with E-state index in [0.29, 0.717) is 35.4 Å². The number of carbonyl (C=O) groups is 1. The van der Waals surface area contributed by atoms with Crippen molar-refractivity contribution in [2.45, 2.75) is 25.5 Å². The van der Waals surface area contributed by atoms with Gasteiger partial charge in [0.1, 0.15) is 13.2 Å². The molecule has 0 bridgehead atoms. The van der Waals surface area contributed by atoms with E-state index in [1.165, 1.54) is 4.88 Å². The third-order valence-corrected chi connectivity index (χ3v) is 5.89. The number of thiophene rings is 1. The first kappa shape index (κ1) is 19.5. The molecule has 6 nitrogen and oxygen atoms in total. The van der Waals surface area contributed by atoms with Gasteiger partial charge in [-0.15, -0.1) is 11.3 Å². The number of anilines is 1. The van der Waals surface area contributed by atoms with Crippen LogP contribution in [0.4, 0.5) is 5.69 Å². The van der Waals surface area contributed by atoms with Gasteiger partial charge in [-0.1, -0.05) is 17.7 Å². The van der Waals surface area contributed by atoms with Crippen molar-refractivity contribution in [3.63, 3.8) is 0 Å². The summed E-state index contributed by atoms with van der Waals surface area (Å²) >= 11 is 8.00. The standard InChI is InChI=1S/C20H23ClN2O4S/c21-16-9-18-19(27-7-6-26-18)10-17(16)22-20(24)13-23(11-14-3-1-5-25-14)12-15-4-2-8-28-15/h2,4,8-10,14H,1,3,5-7,11-13H2,(H,22,24)/t14-/m1/s1. The van der Waals surface area contributed by atoms with Gasteiger partial charge in [0.05, 0.1) is 23.4 Å². The normalized spacial score (nSPS) is 18.4. The molecule has 2 aliphatic rings. The van der Waals surface area contributed by atoms with Gasteiger partial charge in [-0.3, -0.25) is 9.69 Å². The maximum Gasteiger partial charge on any atom is 0.238 e. The minimum atomic E-state index is -0.117. The third-order valence-electron chi connectivity index (χ3n) is 4.72. The molecule has 1 N–H and O–H groups in total. The number of carbonyl (C=O) groups excluding carboxylic acids is 1. The molecule has 1 saturated heterocycles. The van der Waals surface area contributed by atoms with E-state index in [1.807, 2.05) is 6.07 Å². The molecule has 8 heteroatoms. The largest absolute Gasteiger partial charge is 0.486 e. The van der Waals surface area contributed by atoms with Crippen molar-refractivity contribution < 1.29 is 19.0 Å². The fraction of sp³-hybridized carbons (Fsp3) is 0.450. The van der Waals surface area contributed by atoms with E-state index in [1.54, 1.807) is 23.5 Å². The van der Waals surface area contributed by atoms with Crippen LogP contribution in [0.15, 0.2) is 29.6 Å². The lowest BCUT2D eigenvalue weighted by Gasteiger charge is -2.24. The maximum absolute atomic E-state index is 12.7. The Labute approximate surface area is 173 Å². The van der Waals surface area contributed by atoms with Crippen molar-refractivity contribution >= 4 is 34.5 Å². The van der Waals surface area contributed by atoms with E-state index >= 15 is 0 Å². The summed E-state index contributed by atoms with van der Waals surface area (Å²) in [5, 5.41) is 5.39. The molecule has 0 radical (unpaired) electrons. The average Bonchev–Trinajstić information content (AvgIpc) is 3.36. The molecule has 1 aromatic heterocycles. The van der Waals surface area contributed by atoms with Crippen molar-refractivity contribution in [3.8, 4) is 11.5 Å². The SMILES string of the molecule is O=C(CN(Cc1cccs1)C[C@H]1CCCO1)Nc1cc2c(cc1Cl)OCCO2. The molecule has 0 saturated carbocycles. The lowest BCUT2D eigenvalue weighted by Crippen LogP contribution is -2.37. The number of nitrogens with zero attached hydrogens (tertiary/aromatic N) is 1. The summed E-state index contributed by atoms with van der Waals surface area (Å²) in [4.78, 5) is 16.1. The quantitative estimate of drug-likeness (QED) is 0.735. The molecule has 3 heterocycles. The highest BCUT2D eigenvalue weighted by molar-refractivity contribution is 7.09. The average molecular weight is 423 g/mol. The highest BCUT2D eigenvalue weighted by Crippen LogP contribution is 2.37. The Morgan fingerprint density at radius 3 is 2.79 bits per heavy atom. The second-order valence-corrected chi connectivity index (χ2v) is 8.35. The minimum Gasteiger partial charge on any atom is -0.486 e. The molecule has 0 unspecified atom stereocenters. The Bertz CT molecular complexity index is 809. The first-order valence-electron chi connectivity index (χ1n) is 9.43. The van der Waals surface area contributed by atoms with Crippen LogP contribution in [0.3, 0.4) is 0 Å². The minimum absolute atomic E-state index is 0.117. The Balaban J connectivity index is 1.41. The van der Waals surface area contributed by atoms with Gasteiger partial charge in [0.2, 0.25) is 5.91 Å². The van der Waals surface area contributed by atoms with E-state index in [4.69, 9.17) is 25.8 Å².